The predicted octanol–water partition coefficient (Wildman–Crippen LogP) is 3.12. The standard InChI is InChI=1S/C14H17N/c1-2-14(15)10-11-7-8-12-5-3-4-6-13(12)9-11/h3-9,14H,2,10,15H2,1H3/t14-/m1/s1. The summed E-state index contributed by atoms with van der Waals surface area (Å²) in [5.74, 6) is 0. The molecule has 0 fully saturated rings. The predicted molar refractivity (Wildman–Crippen MR) is 65.9 cm³/mol. The third kappa shape index (κ3) is 2.37. The van der Waals surface area contributed by atoms with E-state index in [2.05, 4.69) is 49.4 Å². The van der Waals surface area contributed by atoms with Gasteiger partial charge < -0.3 is 5.73 Å². The molecule has 0 aromatic heterocycles. The molecule has 2 rings (SSSR count). The van der Waals surface area contributed by atoms with Gasteiger partial charge in [-0.25, -0.2) is 0 Å². The fourth-order valence-electron chi connectivity index (χ4n) is 1.81. The Balaban J connectivity index is 2.30. The van der Waals surface area contributed by atoms with Crippen LogP contribution in [0.5, 0.6) is 0 Å². The maximum atomic E-state index is 5.95. The van der Waals surface area contributed by atoms with Crippen molar-refractivity contribution in [2.24, 2.45) is 5.73 Å². The summed E-state index contributed by atoms with van der Waals surface area (Å²) in [6.07, 6.45) is 2.01. The van der Waals surface area contributed by atoms with E-state index in [0.717, 1.165) is 12.8 Å². The third-order valence-electron chi connectivity index (χ3n) is 2.84. The minimum Gasteiger partial charge on any atom is -0.327 e. The molecule has 0 radical (unpaired) electrons. The molecule has 1 heteroatoms. The van der Waals surface area contributed by atoms with E-state index >= 15 is 0 Å². The van der Waals surface area contributed by atoms with Crippen LogP contribution in [0.4, 0.5) is 0 Å². The van der Waals surface area contributed by atoms with Crippen LogP contribution in [0.25, 0.3) is 10.8 Å². The average molecular weight is 199 g/mol. The van der Waals surface area contributed by atoms with Crippen LogP contribution in [0, 0.1) is 0 Å². The smallest absolute Gasteiger partial charge is 0.00767 e. The number of rotatable bonds is 3. The van der Waals surface area contributed by atoms with E-state index in [0.29, 0.717) is 0 Å². The summed E-state index contributed by atoms with van der Waals surface area (Å²) in [6, 6.07) is 15.3. The lowest BCUT2D eigenvalue weighted by Crippen LogP contribution is -2.21. The minimum atomic E-state index is 0.283. The molecular weight excluding hydrogens is 182 g/mol. The van der Waals surface area contributed by atoms with E-state index < -0.39 is 0 Å². The first-order chi connectivity index (χ1) is 7.29. The van der Waals surface area contributed by atoms with Gasteiger partial charge in [0.05, 0.1) is 0 Å². The third-order valence-corrected chi connectivity index (χ3v) is 2.84. The van der Waals surface area contributed by atoms with Gasteiger partial charge in [0.15, 0.2) is 0 Å². The summed E-state index contributed by atoms with van der Waals surface area (Å²) in [4.78, 5) is 0. The van der Waals surface area contributed by atoms with Crippen molar-refractivity contribution in [3.8, 4) is 0 Å². The number of hydrogen-bond acceptors (Lipinski definition) is 1. The van der Waals surface area contributed by atoms with Crippen molar-refractivity contribution < 1.29 is 0 Å². The lowest BCUT2D eigenvalue weighted by Gasteiger charge is -2.09. The Bertz CT molecular complexity index is 448. The first-order valence-electron chi connectivity index (χ1n) is 5.53. The summed E-state index contributed by atoms with van der Waals surface area (Å²) in [6.45, 7) is 2.13. The molecule has 0 aliphatic carbocycles. The first kappa shape index (κ1) is 10.2. The molecule has 2 N–H and O–H groups in total. The van der Waals surface area contributed by atoms with Crippen LogP contribution in [-0.4, -0.2) is 6.04 Å². The Morgan fingerprint density at radius 1 is 1.07 bits per heavy atom. The van der Waals surface area contributed by atoms with Crippen molar-refractivity contribution in [2.45, 2.75) is 25.8 Å². The van der Waals surface area contributed by atoms with Gasteiger partial charge in [-0.1, -0.05) is 49.4 Å². The summed E-state index contributed by atoms with van der Waals surface area (Å²) in [5.41, 5.74) is 7.29. The molecular formula is C14H17N. The largest absolute Gasteiger partial charge is 0.327 e. The van der Waals surface area contributed by atoms with Crippen molar-refractivity contribution in [1.29, 1.82) is 0 Å². The highest BCUT2D eigenvalue weighted by atomic mass is 14.6. The molecule has 0 saturated carbocycles. The van der Waals surface area contributed by atoms with Gasteiger partial charge in [0.25, 0.3) is 0 Å². The average Bonchev–Trinajstić information content (AvgIpc) is 2.29. The van der Waals surface area contributed by atoms with Crippen LogP contribution in [0.15, 0.2) is 42.5 Å². The molecule has 0 amide bonds. The topological polar surface area (TPSA) is 26.0 Å². The lowest BCUT2D eigenvalue weighted by molar-refractivity contribution is 0.647. The molecule has 1 atom stereocenters. The molecule has 0 aliphatic rings. The minimum absolute atomic E-state index is 0.283. The molecule has 0 saturated heterocycles. The molecule has 1 nitrogen and oxygen atoms in total. The maximum absolute atomic E-state index is 5.95. The van der Waals surface area contributed by atoms with Gasteiger partial charge in [0.1, 0.15) is 0 Å². The van der Waals surface area contributed by atoms with Crippen LogP contribution in [0.1, 0.15) is 18.9 Å². The van der Waals surface area contributed by atoms with E-state index in [9.17, 15) is 0 Å². The number of hydrogen-bond donors (Lipinski definition) is 1. The van der Waals surface area contributed by atoms with Gasteiger partial charge in [-0.3, -0.25) is 0 Å². The van der Waals surface area contributed by atoms with E-state index in [-0.39, 0.29) is 6.04 Å². The SMILES string of the molecule is CC[C@@H](N)Cc1ccc2ccccc2c1. The summed E-state index contributed by atoms with van der Waals surface area (Å²) in [7, 11) is 0. The van der Waals surface area contributed by atoms with Crippen molar-refractivity contribution in [3.63, 3.8) is 0 Å². The molecule has 78 valence electrons. The van der Waals surface area contributed by atoms with Gasteiger partial charge in [0, 0.05) is 6.04 Å². The quantitative estimate of drug-likeness (QED) is 0.807. The Morgan fingerprint density at radius 2 is 1.80 bits per heavy atom. The fraction of sp³-hybridized carbons (Fsp3) is 0.286. The summed E-state index contributed by atoms with van der Waals surface area (Å²) >= 11 is 0. The Morgan fingerprint density at radius 3 is 2.53 bits per heavy atom. The van der Waals surface area contributed by atoms with Gasteiger partial charge in [0.2, 0.25) is 0 Å². The van der Waals surface area contributed by atoms with Gasteiger partial charge in [-0.2, -0.15) is 0 Å². The van der Waals surface area contributed by atoms with E-state index in [1.165, 1.54) is 16.3 Å². The highest BCUT2D eigenvalue weighted by Gasteiger charge is 2.01. The Labute approximate surface area is 90.9 Å². The van der Waals surface area contributed by atoms with Gasteiger partial charge >= 0.3 is 0 Å². The second-order valence-corrected chi connectivity index (χ2v) is 4.05. The number of fused-ring (bicyclic) bond motifs is 1. The Kier molecular flexibility index (Phi) is 3.02. The first-order valence-corrected chi connectivity index (χ1v) is 5.53. The number of nitrogens with two attached hydrogens (primary N) is 1. The number of benzene rings is 2. The maximum Gasteiger partial charge on any atom is 0.00767 e. The molecule has 0 heterocycles. The highest BCUT2D eigenvalue weighted by Crippen LogP contribution is 2.16. The lowest BCUT2D eigenvalue weighted by atomic mass is 10.0. The normalized spacial score (nSPS) is 12.9. The molecule has 2 aromatic carbocycles. The van der Waals surface area contributed by atoms with Crippen molar-refractivity contribution >= 4 is 10.8 Å². The van der Waals surface area contributed by atoms with Crippen LogP contribution < -0.4 is 5.73 Å². The van der Waals surface area contributed by atoms with Crippen LogP contribution in [-0.2, 0) is 6.42 Å². The summed E-state index contributed by atoms with van der Waals surface area (Å²) < 4.78 is 0. The fourth-order valence-corrected chi connectivity index (χ4v) is 1.81. The van der Waals surface area contributed by atoms with Crippen molar-refractivity contribution in [3.05, 3.63) is 48.0 Å². The van der Waals surface area contributed by atoms with E-state index in [1.807, 2.05) is 0 Å². The summed E-state index contributed by atoms with van der Waals surface area (Å²) in [5, 5.41) is 2.60. The zero-order valence-corrected chi connectivity index (χ0v) is 9.11. The molecule has 0 aliphatic heterocycles. The second kappa shape index (κ2) is 4.45. The van der Waals surface area contributed by atoms with Crippen LogP contribution in [0.2, 0.25) is 0 Å². The Hall–Kier alpha value is -1.34. The van der Waals surface area contributed by atoms with Crippen LogP contribution in [0.3, 0.4) is 0 Å². The van der Waals surface area contributed by atoms with Crippen molar-refractivity contribution in [1.82, 2.24) is 0 Å². The molecule has 15 heavy (non-hydrogen) atoms. The van der Waals surface area contributed by atoms with Gasteiger partial charge in [-0.15, -0.1) is 0 Å². The molecule has 0 bridgehead atoms. The van der Waals surface area contributed by atoms with E-state index in [4.69, 9.17) is 5.73 Å². The molecule has 2 aromatic rings. The zero-order valence-electron chi connectivity index (χ0n) is 9.11. The van der Waals surface area contributed by atoms with E-state index in [1.54, 1.807) is 0 Å². The highest BCUT2D eigenvalue weighted by molar-refractivity contribution is 5.82. The van der Waals surface area contributed by atoms with Gasteiger partial charge in [-0.05, 0) is 29.2 Å². The molecule has 0 unspecified atom stereocenters. The monoisotopic (exact) mass is 199 g/mol. The van der Waals surface area contributed by atoms with Crippen LogP contribution >= 0.6 is 0 Å². The second-order valence-electron chi connectivity index (χ2n) is 4.05. The van der Waals surface area contributed by atoms with Crippen molar-refractivity contribution in [2.75, 3.05) is 0 Å². The zero-order chi connectivity index (χ0) is 10.7. The molecule has 0 spiro atoms.